The van der Waals surface area contributed by atoms with E-state index in [4.69, 9.17) is 10.5 Å². The Bertz CT molecular complexity index is 629. The van der Waals surface area contributed by atoms with E-state index in [1.54, 1.807) is 4.68 Å². The number of hydrogen-bond acceptors (Lipinski definition) is 7. The summed E-state index contributed by atoms with van der Waals surface area (Å²) in [5.41, 5.74) is 7.53. The van der Waals surface area contributed by atoms with Gasteiger partial charge in [-0.25, -0.2) is 4.98 Å². The standard InChI is InChI=1S/C15H24N6O2.H2S/c1-4-5-11(8-22)18-14-13(7-17-15(16)19-14)23-9-12-6-10(2)21(3)20-12;/h6-7,11,22H,4-5,8-9H2,1-3H3,(H3,16,17,18,19);1H2/t11-;/m0./s1. The third kappa shape index (κ3) is 5.27. The maximum absolute atomic E-state index is 9.43. The number of nitrogens with two attached hydrogens (primary N) is 1. The fourth-order valence-electron chi connectivity index (χ4n) is 2.20. The molecule has 0 bridgehead atoms. The maximum Gasteiger partial charge on any atom is 0.222 e. The Balaban J connectivity index is 0.00000288. The van der Waals surface area contributed by atoms with Crippen LogP contribution in [-0.2, 0) is 13.7 Å². The highest BCUT2D eigenvalue weighted by molar-refractivity contribution is 7.59. The summed E-state index contributed by atoms with van der Waals surface area (Å²) in [6, 6.07) is 1.85. The van der Waals surface area contributed by atoms with Crippen LogP contribution in [0.3, 0.4) is 0 Å². The van der Waals surface area contributed by atoms with Crippen LogP contribution in [0.15, 0.2) is 12.3 Å². The van der Waals surface area contributed by atoms with Crippen LogP contribution >= 0.6 is 13.5 Å². The Kier molecular flexibility index (Phi) is 7.80. The Morgan fingerprint density at radius 2 is 2.21 bits per heavy atom. The van der Waals surface area contributed by atoms with Crippen LogP contribution in [0.1, 0.15) is 31.2 Å². The van der Waals surface area contributed by atoms with Gasteiger partial charge in [0.25, 0.3) is 0 Å². The molecule has 0 saturated carbocycles. The number of anilines is 2. The number of ether oxygens (including phenoxy) is 1. The summed E-state index contributed by atoms with van der Waals surface area (Å²) < 4.78 is 7.56. The molecule has 0 spiro atoms. The molecular formula is C15H26N6O2S. The van der Waals surface area contributed by atoms with Gasteiger partial charge in [-0.05, 0) is 19.4 Å². The minimum atomic E-state index is -0.103. The van der Waals surface area contributed by atoms with E-state index in [2.05, 4.69) is 27.3 Å². The lowest BCUT2D eigenvalue weighted by molar-refractivity contribution is 0.266. The molecule has 2 rings (SSSR count). The molecule has 0 aliphatic heterocycles. The smallest absolute Gasteiger partial charge is 0.222 e. The van der Waals surface area contributed by atoms with E-state index in [1.807, 2.05) is 20.0 Å². The molecule has 4 N–H and O–H groups in total. The number of hydrogen-bond donors (Lipinski definition) is 3. The summed E-state index contributed by atoms with van der Waals surface area (Å²) in [6.07, 6.45) is 3.29. The zero-order valence-electron chi connectivity index (χ0n) is 14.3. The van der Waals surface area contributed by atoms with Gasteiger partial charge in [0.1, 0.15) is 12.3 Å². The van der Waals surface area contributed by atoms with Crippen LogP contribution in [0.2, 0.25) is 0 Å². The monoisotopic (exact) mass is 354 g/mol. The van der Waals surface area contributed by atoms with Crippen molar-refractivity contribution in [2.75, 3.05) is 17.7 Å². The van der Waals surface area contributed by atoms with Gasteiger partial charge < -0.3 is 20.9 Å². The molecular weight excluding hydrogens is 328 g/mol. The summed E-state index contributed by atoms with van der Waals surface area (Å²) in [5, 5.41) is 16.9. The number of nitrogens with zero attached hydrogens (tertiary/aromatic N) is 4. The van der Waals surface area contributed by atoms with Crippen LogP contribution in [-0.4, -0.2) is 37.5 Å². The molecule has 134 valence electrons. The van der Waals surface area contributed by atoms with Gasteiger partial charge in [0.15, 0.2) is 11.6 Å². The summed E-state index contributed by atoms with van der Waals surface area (Å²) in [4.78, 5) is 8.14. The average Bonchev–Trinajstić information content (AvgIpc) is 2.84. The molecule has 0 fully saturated rings. The van der Waals surface area contributed by atoms with Crippen LogP contribution < -0.4 is 15.8 Å². The molecule has 1 atom stereocenters. The third-order valence-corrected chi connectivity index (χ3v) is 3.51. The van der Waals surface area contributed by atoms with Gasteiger partial charge in [0.05, 0.1) is 18.8 Å². The van der Waals surface area contributed by atoms with Crippen LogP contribution in [0.5, 0.6) is 5.75 Å². The molecule has 9 heteroatoms. The van der Waals surface area contributed by atoms with Gasteiger partial charge in [0, 0.05) is 12.7 Å². The van der Waals surface area contributed by atoms with Crippen molar-refractivity contribution >= 4 is 25.3 Å². The molecule has 2 aromatic rings. The molecule has 0 aliphatic carbocycles. The number of rotatable bonds is 8. The first-order valence-electron chi connectivity index (χ1n) is 7.65. The highest BCUT2D eigenvalue weighted by Gasteiger charge is 2.13. The summed E-state index contributed by atoms with van der Waals surface area (Å²) in [6.45, 7) is 4.35. The van der Waals surface area contributed by atoms with Crippen molar-refractivity contribution < 1.29 is 9.84 Å². The minimum absolute atomic E-state index is 0. The molecule has 0 amide bonds. The van der Waals surface area contributed by atoms with E-state index in [-0.39, 0.29) is 32.1 Å². The predicted molar refractivity (Wildman–Crippen MR) is 98.5 cm³/mol. The topological polar surface area (TPSA) is 111 Å². The summed E-state index contributed by atoms with van der Waals surface area (Å²) >= 11 is 0. The SMILES string of the molecule is CCC[C@@H](CO)Nc1nc(N)ncc1OCc1cc(C)n(C)n1.S. The molecule has 2 aromatic heterocycles. The van der Waals surface area contributed by atoms with Gasteiger partial charge in [-0.2, -0.15) is 23.6 Å². The molecule has 0 unspecified atom stereocenters. The van der Waals surface area contributed by atoms with E-state index in [0.29, 0.717) is 18.2 Å². The third-order valence-electron chi connectivity index (χ3n) is 3.51. The highest BCUT2D eigenvalue weighted by atomic mass is 32.1. The van der Waals surface area contributed by atoms with Crippen molar-refractivity contribution in [1.82, 2.24) is 19.7 Å². The summed E-state index contributed by atoms with van der Waals surface area (Å²) in [5.74, 6) is 1.12. The van der Waals surface area contributed by atoms with Crippen molar-refractivity contribution in [3.8, 4) is 5.75 Å². The van der Waals surface area contributed by atoms with E-state index < -0.39 is 0 Å². The Labute approximate surface area is 148 Å². The van der Waals surface area contributed by atoms with Crippen molar-refractivity contribution in [2.24, 2.45) is 7.05 Å². The maximum atomic E-state index is 9.43. The number of aliphatic hydroxyl groups excluding tert-OH is 1. The first-order valence-corrected chi connectivity index (χ1v) is 7.65. The Morgan fingerprint density at radius 1 is 1.46 bits per heavy atom. The van der Waals surface area contributed by atoms with Gasteiger partial charge in [-0.1, -0.05) is 13.3 Å². The van der Waals surface area contributed by atoms with E-state index in [1.165, 1.54) is 6.20 Å². The Hall–Kier alpha value is -2.00. The minimum Gasteiger partial charge on any atom is -0.482 e. The van der Waals surface area contributed by atoms with Crippen molar-refractivity contribution in [2.45, 2.75) is 39.3 Å². The number of aliphatic hydroxyl groups is 1. The van der Waals surface area contributed by atoms with Crippen LogP contribution in [0.25, 0.3) is 0 Å². The molecule has 0 saturated heterocycles. The van der Waals surface area contributed by atoms with E-state index in [0.717, 1.165) is 24.2 Å². The van der Waals surface area contributed by atoms with E-state index in [9.17, 15) is 5.11 Å². The second-order valence-corrected chi connectivity index (χ2v) is 5.44. The largest absolute Gasteiger partial charge is 0.482 e. The highest BCUT2D eigenvalue weighted by Crippen LogP contribution is 2.24. The predicted octanol–water partition coefficient (Wildman–Crippen LogP) is 1.37. The molecule has 8 nitrogen and oxygen atoms in total. The fraction of sp³-hybridized carbons (Fsp3) is 0.533. The fourth-order valence-corrected chi connectivity index (χ4v) is 2.20. The number of nitrogens with one attached hydrogen (secondary N) is 1. The Morgan fingerprint density at radius 3 is 2.79 bits per heavy atom. The molecule has 0 radical (unpaired) electrons. The second kappa shape index (κ2) is 9.33. The van der Waals surface area contributed by atoms with Crippen LogP contribution in [0, 0.1) is 6.92 Å². The van der Waals surface area contributed by atoms with Gasteiger partial charge in [-0.3, -0.25) is 4.68 Å². The molecule has 24 heavy (non-hydrogen) atoms. The average molecular weight is 354 g/mol. The summed E-state index contributed by atoms with van der Waals surface area (Å²) in [7, 11) is 1.88. The first-order chi connectivity index (χ1) is 11.0. The van der Waals surface area contributed by atoms with Gasteiger partial charge in [-0.15, -0.1) is 0 Å². The van der Waals surface area contributed by atoms with Gasteiger partial charge in [0.2, 0.25) is 5.95 Å². The molecule has 0 aromatic carbocycles. The zero-order chi connectivity index (χ0) is 16.8. The quantitative estimate of drug-likeness (QED) is 0.656. The number of aromatic nitrogens is 4. The second-order valence-electron chi connectivity index (χ2n) is 5.44. The number of aryl methyl sites for hydroxylation is 2. The lowest BCUT2D eigenvalue weighted by Crippen LogP contribution is -2.24. The van der Waals surface area contributed by atoms with Gasteiger partial charge >= 0.3 is 0 Å². The molecule has 0 aliphatic rings. The van der Waals surface area contributed by atoms with Crippen molar-refractivity contribution in [3.63, 3.8) is 0 Å². The van der Waals surface area contributed by atoms with Crippen LogP contribution in [0.4, 0.5) is 11.8 Å². The zero-order valence-corrected chi connectivity index (χ0v) is 15.3. The number of nitrogen functional groups attached to an aromatic ring is 1. The lowest BCUT2D eigenvalue weighted by Gasteiger charge is -2.18. The normalized spacial score (nSPS) is 11.7. The van der Waals surface area contributed by atoms with Crippen molar-refractivity contribution in [1.29, 1.82) is 0 Å². The lowest BCUT2D eigenvalue weighted by atomic mass is 10.2. The first kappa shape index (κ1) is 20.0. The molecule has 2 heterocycles. The van der Waals surface area contributed by atoms with Crippen molar-refractivity contribution in [3.05, 3.63) is 23.7 Å². The van der Waals surface area contributed by atoms with E-state index >= 15 is 0 Å².